The molecule has 0 unspecified atom stereocenters. The molecule has 0 aromatic heterocycles. The number of carbonyl (C=O) groups excluding carboxylic acids is 1. The quantitative estimate of drug-likeness (QED) is 0.496. The zero-order chi connectivity index (χ0) is 22.6. The molecule has 7 nitrogen and oxygen atoms in total. The third kappa shape index (κ3) is 5.46. The predicted octanol–water partition coefficient (Wildman–Crippen LogP) is 4.57. The van der Waals surface area contributed by atoms with E-state index in [9.17, 15) is 13.2 Å². The monoisotopic (exact) mass is 452 g/mol. The SMILES string of the molecule is CCOc1ccc(Oc2ccccc2NC(=O)c2cccc(S(=O)(=O)NC3CC3)c2)cc1. The Balaban J connectivity index is 1.50. The van der Waals surface area contributed by atoms with Gasteiger partial charge in [-0.2, -0.15) is 0 Å². The third-order valence-corrected chi connectivity index (χ3v) is 6.32. The highest BCUT2D eigenvalue weighted by molar-refractivity contribution is 7.89. The van der Waals surface area contributed by atoms with Gasteiger partial charge in [0.15, 0.2) is 5.75 Å². The molecule has 166 valence electrons. The minimum atomic E-state index is -3.65. The first-order valence-corrected chi connectivity index (χ1v) is 11.9. The fourth-order valence-electron chi connectivity index (χ4n) is 3.04. The largest absolute Gasteiger partial charge is 0.494 e. The van der Waals surface area contributed by atoms with E-state index in [1.165, 1.54) is 12.1 Å². The fraction of sp³-hybridized carbons (Fsp3) is 0.208. The summed E-state index contributed by atoms with van der Waals surface area (Å²) in [5.41, 5.74) is 0.704. The Kier molecular flexibility index (Phi) is 6.43. The van der Waals surface area contributed by atoms with Crippen LogP contribution in [0.25, 0.3) is 0 Å². The van der Waals surface area contributed by atoms with E-state index in [0.29, 0.717) is 23.8 Å². The van der Waals surface area contributed by atoms with Crippen molar-refractivity contribution in [3.05, 3.63) is 78.4 Å². The van der Waals surface area contributed by atoms with E-state index in [2.05, 4.69) is 10.0 Å². The lowest BCUT2D eigenvalue weighted by molar-refractivity contribution is 0.102. The van der Waals surface area contributed by atoms with Crippen molar-refractivity contribution in [3.63, 3.8) is 0 Å². The minimum Gasteiger partial charge on any atom is -0.494 e. The van der Waals surface area contributed by atoms with Crippen molar-refractivity contribution < 1.29 is 22.7 Å². The molecular formula is C24H24N2O5S. The molecule has 3 aromatic rings. The summed E-state index contributed by atoms with van der Waals surface area (Å²) in [7, 11) is -3.65. The van der Waals surface area contributed by atoms with Gasteiger partial charge in [0.2, 0.25) is 10.0 Å². The van der Waals surface area contributed by atoms with E-state index in [4.69, 9.17) is 9.47 Å². The molecule has 2 N–H and O–H groups in total. The number of ether oxygens (including phenoxy) is 2. The van der Waals surface area contributed by atoms with Gasteiger partial charge in [0.05, 0.1) is 17.2 Å². The van der Waals surface area contributed by atoms with Crippen LogP contribution in [0.15, 0.2) is 77.7 Å². The number of sulfonamides is 1. The van der Waals surface area contributed by atoms with Crippen molar-refractivity contribution in [3.8, 4) is 17.2 Å². The molecule has 0 atom stereocenters. The second-order valence-electron chi connectivity index (χ2n) is 7.38. The summed E-state index contributed by atoms with van der Waals surface area (Å²) in [5.74, 6) is 1.36. The molecule has 1 aliphatic rings. The summed E-state index contributed by atoms with van der Waals surface area (Å²) >= 11 is 0. The molecule has 0 radical (unpaired) electrons. The number of rotatable bonds is 9. The molecule has 1 aliphatic carbocycles. The molecule has 0 aliphatic heterocycles. The zero-order valence-electron chi connectivity index (χ0n) is 17.6. The summed E-state index contributed by atoms with van der Waals surface area (Å²) in [6.07, 6.45) is 1.68. The van der Waals surface area contributed by atoms with Crippen LogP contribution in [-0.2, 0) is 10.0 Å². The molecule has 1 saturated carbocycles. The van der Waals surface area contributed by atoms with Crippen molar-refractivity contribution >= 4 is 21.6 Å². The minimum absolute atomic E-state index is 0.0101. The maximum absolute atomic E-state index is 12.9. The molecule has 0 heterocycles. The topological polar surface area (TPSA) is 93.7 Å². The van der Waals surface area contributed by atoms with Gasteiger partial charge >= 0.3 is 0 Å². The van der Waals surface area contributed by atoms with Crippen LogP contribution in [0.3, 0.4) is 0 Å². The van der Waals surface area contributed by atoms with Gasteiger partial charge in [0.25, 0.3) is 5.91 Å². The predicted molar refractivity (Wildman–Crippen MR) is 122 cm³/mol. The maximum atomic E-state index is 12.9. The maximum Gasteiger partial charge on any atom is 0.255 e. The number of para-hydroxylation sites is 2. The Labute approximate surface area is 187 Å². The molecule has 8 heteroatoms. The van der Waals surface area contributed by atoms with E-state index >= 15 is 0 Å². The molecule has 0 bridgehead atoms. The number of carbonyl (C=O) groups is 1. The number of nitrogens with one attached hydrogen (secondary N) is 2. The standard InChI is InChI=1S/C24H24N2O5S/c1-2-30-19-12-14-20(15-13-19)31-23-9-4-3-8-22(23)25-24(27)17-6-5-7-21(16-17)32(28,29)26-18-10-11-18/h3-9,12-16,18,26H,2,10-11H2,1H3,(H,25,27). The van der Waals surface area contributed by atoms with Crippen molar-refractivity contribution in [2.45, 2.75) is 30.7 Å². The van der Waals surface area contributed by atoms with Crippen LogP contribution in [0.1, 0.15) is 30.1 Å². The molecule has 1 amide bonds. The Bertz CT molecular complexity index is 1210. The number of hydrogen-bond donors (Lipinski definition) is 2. The molecule has 0 saturated heterocycles. The Hall–Kier alpha value is -3.36. The molecule has 1 fully saturated rings. The first-order valence-electron chi connectivity index (χ1n) is 10.4. The molecule has 4 rings (SSSR count). The fourth-order valence-corrected chi connectivity index (χ4v) is 4.39. The highest BCUT2D eigenvalue weighted by Crippen LogP contribution is 2.31. The molecular weight excluding hydrogens is 428 g/mol. The highest BCUT2D eigenvalue weighted by atomic mass is 32.2. The van der Waals surface area contributed by atoms with E-state index < -0.39 is 15.9 Å². The number of anilines is 1. The van der Waals surface area contributed by atoms with E-state index in [-0.39, 0.29) is 16.5 Å². The van der Waals surface area contributed by atoms with Gasteiger partial charge in [0, 0.05) is 11.6 Å². The van der Waals surface area contributed by atoms with Crippen LogP contribution in [0.5, 0.6) is 17.2 Å². The summed E-state index contributed by atoms with van der Waals surface area (Å²) in [6, 6.07) is 20.2. The Morgan fingerprint density at radius 1 is 0.969 bits per heavy atom. The lowest BCUT2D eigenvalue weighted by atomic mass is 10.2. The molecule has 3 aromatic carbocycles. The van der Waals surface area contributed by atoms with Crippen LogP contribution in [0.4, 0.5) is 5.69 Å². The first kappa shape index (κ1) is 21.9. The van der Waals surface area contributed by atoms with Gasteiger partial charge < -0.3 is 14.8 Å². The van der Waals surface area contributed by atoms with Crippen LogP contribution < -0.4 is 19.5 Å². The van der Waals surface area contributed by atoms with E-state index in [0.717, 1.165) is 18.6 Å². The normalized spacial score (nSPS) is 13.4. The Morgan fingerprint density at radius 3 is 2.41 bits per heavy atom. The average molecular weight is 453 g/mol. The number of benzene rings is 3. The average Bonchev–Trinajstić information content (AvgIpc) is 3.60. The second-order valence-corrected chi connectivity index (χ2v) is 9.09. The summed E-state index contributed by atoms with van der Waals surface area (Å²) in [4.78, 5) is 12.9. The van der Waals surface area contributed by atoms with Crippen molar-refractivity contribution in [2.24, 2.45) is 0 Å². The summed E-state index contributed by atoms with van der Waals surface area (Å²) in [5, 5.41) is 2.81. The van der Waals surface area contributed by atoms with Crippen LogP contribution >= 0.6 is 0 Å². The zero-order valence-corrected chi connectivity index (χ0v) is 18.4. The first-order chi connectivity index (χ1) is 15.4. The number of hydrogen-bond acceptors (Lipinski definition) is 5. The molecule has 0 spiro atoms. The number of amides is 1. The Morgan fingerprint density at radius 2 is 1.69 bits per heavy atom. The van der Waals surface area contributed by atoms with Crippen molar-refractivity contribution in [2.75, 3.05) is 11.9 Å². The second kappa shape index (κ2) is 9.42. The summed E-state index contributed by atoms with van der Waals surface area (Å²) < 4.78 is 38.9. The van der Waals surface area contributed by atoms with Gasteiger partial charge in [-0.1, -0.05) is 18.2 Å². The van der Waals surface area contributed by atoms with Gasteiger partial charge in [-0.3, -0.25) is 4.79 Å². The van der Waals surface area contributed by atoms with Crippen LogP contribution in [-0.4, -0.2) is 27.0 Å². The lowest BCUT2D eigenvalue weighted by Gasteiger charge is -2.13. The lowest BCUT2D eigenvalue weighted by Crippen LogP contribution is -2.26. The summed E-state index contributed by atoms with van der Waals surface area (Å²) in [6.45, 7) is 2.49. The van der Waals surface area contributed by atoms with Crippen molar-refractivity contribution in [1.82, 2.24) is 4.72 Å². The van der Waals surface area contributed by atoms with Gasteiger partial charge in [-0.05, 0) is 74.4 Å². The van der Waals surface area contributed by atoms with Gasteiger partial charge in [0.1, 0.15) is 11.5 Å². The van der Waals surface area contributed by atoms with Crippen LogP contribution in [0.2, 0.25) is 0 Å². The van der Waals surface area contributed by atoms with E-state index in [1.807, 2.05) is 19.1 Å². The smallest absolute Gasteiger partial charge is 0.255 e. The van der Waals surface area contributed by atoms with Gasteiger partial charge in [-0.25, -0.2) is 13.1 Å². The molecule has 32 heavy (non-hydrogen) atoms. The van der Waals surface area contributed by atoms with Crippen LogP contribution in [0, 0.1) is 0 Å². The van der Waals surface area contributed by atoms with E-state index in [1.54, 1.807) is 48.5 Å². The van der Waals surface area contributed by atoms with Crippen molar-refractivity contribution in [1.29, 1.82) is 0 Å². The third-order valence-electron chi connectivity index (χ3n) is 4.80. The van der Waals surface area contributed by atoms with Gasteiger partial charge in [-0.15, -0.1) is 0 Å². The highest BCUT2D eigenvalue weighted by Gasteiger charge is 2.28.